The number of thioether (sulfide) groups is 1. The van der Waals surface area contributed by atoms with Crippen molar-refractivity contribution in [3.8, 4) is 5.75 Å². The number of hydrogen-bond acceptors (Lipinski definition) is 4. The number of ether oxygens (including phenoxy) is 1. The molecule has 2 aliphatic rings. The van der Waals surface area contributed by atoms with Crippen molar-refractivity contribution in [1.29, 1.82) is 0 Å². The second kappa shape index (κ2) is 5.53. The molecule has 0 spiro atoms. The van der Waals surface area contributed by atoms with Gasteiger partial charge in [0.25, 0.3) is 0 Å². The molecule has 0 bridgehead atoms. The summed E-state index contributed by atoms with van der Waals surface area (Å²) >= 11 is 11.9. The quantitative estimate of drug-likeness (QED) is 0.354. The number of fused-ring (bicyclic) bond motifs is 7. The van der Waals surface area contributed by atoms with E-state index < -0.39 is 4.32 Å². The standard InChI is InChI=1S/C19H12BrClO3S/c20-19-9-23-16-10(5-3-6-13(16)21)12(19)8-25-17-11-4-1-2-7-14(11)24-18(22)15(17)19/h1-7,12H,8-9H2/t12-,19-/m1/s1. The molecule has 0 radical (unpaired) electrons. The minimum absolute atomic E-state index is 0.0801. The first-order valence-corrected chi connectivity index (χ1v) is 10.0. The number of alkyl halides is 1. The predicted octanol–water partition coefficient (Wildman–Crippen LogP) is 5.32. The maximum Gasteiger partial charge on any atom is 0.342 e. The molecule has 3 nitrogen and oxygen atoms in total. The van der Waals surface area contributed by atoms with Gasteiger partial charge in [-0.1, -0.05) is 57.9 Å². The Morgan fingerprint density at radius 2 is 2.04 bits per heavy atom. The third-order valence-electron chi connectivity index (χ3n) is 4.93. The topological polar surface area (TPSA) is 39.4 Å². The molecule has 3 aromatic rings. The van der Waals surface area contributed by atoms with E-state index in [0.29, 0.717) is 22.8 Å². The van der Waals surface area contributed by atoms with Gasteiger partial charge in [-0.3, -0.25) is 0 Å². The summed E-state index contributed by atoms with van der Waals surface area (Å²) in [7, 11) is 0. The minimum Gasteiger partial charge on any atom is -0.490 e. The highest BCUT2D eigenvalue weighted by atomic mass is 79.9. The molecule has 2 atom stereocenters. The molecule has 0 aliphatic carbocycles. The molecular weight excluding hydrogens is 424 g/mol. The van der Waals surface area contributed by atoms with Crippen LogP contribution in [0.2, 0.25) is 5.02 Å². The summed E-state index contributed by atoms with van der Waals surface area (Å²) < 4.78 is 11.0. The average Bonchev–Trinajstić information content (AvgIpc) is 2.61. The Balaban J connectivity index is 1.79. The van der Waals surface area contributed by atoms with Gasteiger partial charge in [-0.15, -0.1) is 11.8 Å². The maximum absolute atomic E-state index is 12.8. The van der Waals surface area contributed by atoms with Gasteiger partial charge in [0, 0.05) is 27.5 Å². The smallest absolute Gasteiger partial charge is 0.342 e. The lowest BCUT2D eigenvalue weighted by molar-refractivity contribution is 0.223. The summed E-state index contributed by atoms with van der Waals surface area (Å²) in [6, 6.07) is 13.4. The van der Waals surface area contributed by atoms with Crippen molar-refractivity contribution in [3.63, 3.8) is 0 Å². The van der Waals surface area contributed by atoms with Crippen LogP contribution in [0, 0.1) is 0 Å². The van der Waals surface area contributed by atoms with Crippen molar-refractivity contribution in [2.45, 2.75) is 15.1 Å². The van der Waals surface area contributed by atoms with Crippen LogP contribution in [-0.2, 0) is 4.32 Å². The van der Waals surface area contributed by atoms with Crippen molar-refractivity contribution >= 4 is 50.3 Å². The molecule has 1 aromatic heterocycles. The molecule has 25 heavy (non-hydrogen) atoms. The van der Waals surface area contributed by atoms with Crippen LogP contribution in [0.4, 0.5) is 0 Å². The molecule has 0 unspecified atom stereocenters. The Kier molecular flexibility index (Phi) is 3.50. The van der Waals surface area contributed by atoms with Crippen LogP contribution < -0.4 is 10.4 Å². The Morgan fingerprint density at radius 3 is 2.92 bits per heavy atom. The summed E-state index contributed by atoms with van der Waals surface area (Å²) in [5.41, 5.74) is 1.99. The number of para-hydroxylation sites is 2. The first-order chi connectivity index (χ1) is 12.1. The molecule has 0 saturated heterocycles. The summed E-state index contributed by atoms with van der Waals surface area (Å²) in [4.78, 5) is 13.8. The van der Waals surface area contributed by atoms with E-state index in [-0.39, 0.29) is 11.5 Å². The predicted molar refractivity (Wildman–Crippen MR) is 104 cm³/mol. The fraction of sp³-hybridized carbons (Fsp3) is 0.211. The van der Waals surface area contributed by atoms with Crippen molar-refractivity contribution in [2.75, 3.05) is 12.4 Å². The van der Waals surface area contributed by atoms with Gasteiger partial charge in [0.05, 0.1) is 10.6 Å². The van der Waals surface area contributed by atoms with Crippen molar-refractivity contribution < 1.29 is 9.15 Å². The zero-order valence-electron chi connectivity index (χ0n) is 12.9. The number of benzene rings is 2. The summed E-state index contributed by atoms with van der Waals surface area (Å²) in [6.07, 6.45) is 0. The Hall–Kier alpha value is -1.43. The van der Waals surface area contributed by atoms with E-state index in [9.17, 15) is 4.79 Å². The van der Waals surface area contributed by atoms with Gasteiger partial charge >= 0.3 is 5.63 Å². The van der Waals surface area contributed by atoms with E-state index in [0.717, 1.165) is 27.3 Å². The third-order valence-corrected chi connectivity index (χ3v) is 7.62. The second-order valence-electron chi connectivity index (χ2n) is 6.26. The molecule has 126 valence electrons. The fourth-order valence-electron chi connectivity index (χ4n) is 3.74. The number of hydrogen-bond donors (Lipinski definition) is 0. The number of halogens is 2. The lowest BCUT2D eigenvalue weighted by Gasteiger charge is -2.43. The summed E-state index contributed by atoms with van der Waals surface area (Å²) in [5.74, 6) is 1.64. The Bertz CT molecular complexity index is 1080. The van der Waals surface area contributed by atoms with E-state index in [2.05, 4.69) is 15.9 Å². The van der Waals surface area contributed by atoms with Gasteiger partial charge in [-0.2, -0.15) is 0 Å². The van der Waals surface area contributed by atoms with Crippen molar-refractivity contribution in [3.05, 3.63) is 69.0 Å². The molecule has 6 heteroatoms. The molecule has 0 saturated carbocycles. The first-order valence-electron chi connectivity index (χ1n) is 7.89. The Morgan fingerprint density at radius 1 is 1.20 bits per heavy atom. The van der Waals surface area contributed by atoms with E-state index in [1.807, 2.05) is 42.5 Å². The monoisotopic (exact) mass is 434 g/mol. The molecule has 0 N–H and O–H groups in total. The summed E-state index contributed by atoms with van der Waals surface area (Å²) in [5, 5.41) is 1.57. The summed E-state index contributed by atoms with van der Waals surface area (Å²) in [6.45, 7) is 0.338. The number of rotatable bonds is 0. The zero-order valence-corrected chi connectivity index (χ0v) is 16.1. The van der Waals surface area contributed by atoms with Crippen LogP contribution >= 0.6 is 39.3 Å². The first kappa shape index (κ1) is 15.8. The third kappa shape index (κ3) is 2.15. The van der Waals surface area contributed by atoms with E-state index >= 15 is 0 Å². The SMILES string of the molecule is O=c1oc2ccccc2c2c1[C@@]1(Br)COc3c(Cl)cccc3[C@H]1CS2. The highest BCUT2D eigenvalue weighted by molar-refractivity contribution is 9.09. The normalized spacial score (nSPS) is 24.2. The highest BCUT2D eigenvalue weighted by Crippen LogP contribution is 2.58. The lowest BCUT2D eigenvalue weighted by Crippen LogP contribution is -2.44. The van der Waals surface area contributed by atoms with Gasteiger partial charge in [-0.25, -0.2) is 4.79 Å². The maximum atomic E-state index is 12.8. The van der Waals surface area contributed by atoms with Crippen LogP contribution in [0.5, 0.6) is 5.75 Å². The molecule has 3 heterocycles. The van der Waals surface area contributed by atoms with Gasteiger partial charge in [0.15, 0.2) is 0 Å². The Labute approximate surface area is 161 Å². The highest BCUT2D eigenvalue weighted by Gasteiger charge is 2.51. The zero-order chi connectivity index (χ0) is 17.2. The van der Waals surface area contributed by atoms with E-state index in [4.69, 9.17) is 20.8 Å². The molecular formula is C19H12BrClO3S. The molecule has 0 fully saturated rings. The van der Waals surface area contributed by atoms with Crippen LogP contribution in [0.15, 0.2) is 56.6 Å². The van der Waals surface area contributed by atoms with Gasteiger partial charge in [0.2, 0.25) is 0 Å². The van der Waals surface area contributed by atoms with E-state index in [1.165, 1.54) is 0 Å². The van der Waals surface area contributed by atoms with Gasteiger partial charge < -0.3 is 9.15 Å². The van der Waals surface area contributed by atoms with Crippen molar-refractivity contribution in [2.24, 2.45) is 0 Å². The minimum atomic E-state index is -0.615. The average molecular weight is 436 g/mol. The fourth-order valence-corrected chi connectivity index (χ4v) is 6.74. The van der Waals surface area contributed by atoms with Crippen LogP contribution in [0.25, 0.3) is 11.0 Å². The largest absolute Gasteiger partial charge is 0.490 e. The molecule has 0 amide bonds. The van der Waals surface area contributed by atoms with Crippen LogP contribution in [-0.4, -0.2) is 12.4 Å². The van der Waals surface area contributed by atoms with Crippen LogP contribution in [0.1, 0.15) is 17.0 Å². The molecule has 5 rings (SSSR count). The van der Waals surface area contributed by atoms with Gasteiger partial charge in [0.1, 0.15) is 22.3 Å². The molecule has 2 aliphatic heterocycles. The van der Waals surface area contributed by atoms with Crippen molar-refractivity contribution in [1.82, 2.24) is 0 Å². The van der Waals surface area contributed by atoms with Gasteiger partial charge in [-0.05, 0) is 12.1 Å². The molecule has 2 aromatic carbocycles. The lowest BCUT2D eigenvalue weighted by atomic mass is 9.80. The van der Waals surface area contributed by atoms with E-state index in [1.54, 1.807) is 11.8 Å². The van der Waals surface area contributed by atoms with Crippen LogP contribution in [0.3, 0.4) is 0 Å². The second-order valence-corrected chi connectivity index (χ2v) is 9.12.